The van der Waals surface area contributed by atoms with Gasteiger partial charge in [-0.3, -0.25) is 4.79 Å². The molecule has 28 heavy (non-hydrogen) atoms. The minimum Gasteiger partial charge on any atom is -0.495 e. The molecule has 1 N–H and O–H groups in total. The van der Waals surface area contributed by atoms with Crippen LogP contribution in [0.2, 0.25) is 5.02 Å². The molecule has 2 aromatic rings. The summed E-state index contributed by atoms with van der Waals surface area (Å²) in [5, 5.41) is 12.6. The molecule has 4 rings (SSSR count). The maximum absolute atomic E-state index is 14.3. The van der Waals surface area contributed by atoms with Gasteiger partial charge < -0.3 is 15.0 Å². The van der Waals surface area contributed by atoms with Gasteiger partial charge in [-0.05, 0) is 36.8 Å². The van der Waals surface area contributed by atoms with Crippen molar-refractivity contribution in [1.82, 2.24) is 5.32 Å². The molecule has 2 unspecified atom stereocenters. The van der Waals surface area contributed by atoms with E-state index in [2.05, 4.69) is 11.4 Å². The molecule has 2 atom stereocenters. The van der Waals surface area contributed by atoms with E-state index in [0.29, 0.717) is 40.7 Å². The van der Waals surface area contributed by atoms with Crippen LogP contribution in [0.25, 0.3) is 5.70 Å². The van der Waals surface area contributed by atoms with Crippen molar-refractivity contribution in [3.05, 3.63) is 64.4 Å². The lowest BCUT2D eigenvalue weighted by Gasteiger charge is -2.35. The summed E-state index contributed by atoms with van der Waals surface area (Å²) in [6, 6.07) is 11.5. The number of anilines is 1. The first-order valence-electron chi connectivity index (χ1n) is 8.85. The molecule has 0 aliphatic carbocycles. The van der Waals surface area contributed by atoms with Gasteiger partial charge in [0.2, 0.25) is 5.91 Å². The fraction of sp³-hybridized carbons (Fsp3) is 0.238. The minimum atomic E-state index is -0.431. The molecule has 1 fully saturated rings. The Morgan fingerprint density at radius 2 is 2.18 bits per heavy atom. The Kier molecular flexibility index (Phi) is 4.70. The van der Waals surface area contributed by atoms with E-state index >= 15 is 0 Å². The average Bonchev–Trinajstić information content (AvgIpc) is 3.12. The highest BCUT2D eigenvalue weighted by atomic mass is 35.5. The number of amides is 1. The van der Waals surface area contributed by atoms with E-state index in [4.69, 9.17) is 21.6 Å². The monoisotopic (exact) mass is 397 g/mol. The van der Waals surface area contributed by atoms with Crippen molar-refractivity contribution in [3.8, 4) is 11.8 Å². The van der Waals surface area contributed by atoms with Gasteiger partial charge in [-0.1, -0.05) is 17.7 Å². The number of piperidine rings is 1. The summed E-state index contributed by atoms with van der Waals surface area (Å²) in [7, 11) is 1.51. The number of carbonyl (C=O) groups excluding carboxylic acids is 1. The molecule has 0 bridgehead atoms. The molecule has 2 aliphatic rings. The average molecular weight is 398 g/mol. The van der Waals surface area contributed by atoms with Crippen molar-refractivity contribution in [2.75, 3.05) is 18.6 Å². The van der Waals surface area contributed by atoms with Crippen LogP contribution in [-0.2, 0) is 4.79 Å². The van der Waals surface area contributed by atoms with Crippen molar-refractivity contribution >= 4 is 28.9 Å². The van der Waals surface area contributed by atoms with Crippen molar-refractivity contribution in [2.45, 2.75) is 12.5 Å². The van der Waals surface area contributed by atoms with Crippen LogP contribution in [0.15, 0.2) is 42.5 Å². The molecule has 142 valence electrons. The fourth-order valence-electron chi connectivity index (χ4n) is 3.81. The summed E-state index contributed by atoms with van der Waals surface area (Å²) >= 11 is 6.18. The van der Waals surface area contributed by atoms with E-state index in [1.54, 1.807) is 41.3 Å². The van der Waals surface area contributed by atoms with Gasteiger partial charge >= 0.3 is 0 Å². The fourth-order valence-corrected chi connectivity index (χ4v) is 4.07. The van der Waals surface area contributed by atoms with Crippen LogP contribution in [0.5, 0.6) is 5.75 Å². The Hall–Kier alpha value is -3.04. The number of methoxy groups -OCH3 is 1. The molecule has 2 aliphatic heterocycles. The largest absolute Gasteiger partial charge is 0.495 e. The van der Waals surface area contributed by atoms with Gasteiger partial charge in [-0.25, -0.2) is 4.39 Å². The van der Waals surface area contributed by atoms with E-state index in [0.717, 1.165) is 0 Å². The minimum absolute atomic E-state index is 0.103. The maximum Gasteiger partial charge on any atom is 0.236 e. The van der Waals surface area contributed by atoms with Gasteiger partial charge in [0, 0.05) is 24.4 Å². The number of nitriles is 1. The third kappa shape index (κ3) is 2.98. The lowest BCUT2D eigenvalue weighted by molar-refractivity contribution is -0.122. The summed E-state index contributed by atoms with van der Waals surface area (Å²) in [6.45, 7) is 0.487. The standard InChI is InChI=1S/C21H17ClFN3O2/c1-28-19-9-12(11-24)5-6-18(19)26-8-7-16-13(21(26)27)10-17(25-16)20-14(22)3-2-4-15(20)23/h2-6,9-10,13,16,25H,7-8H2,1H3. The van der Waals surface area contributed by atoms with E-state index in [1.807, 2.05) is 0 Å². The van der Waals surface area contributed by atoms with Crippen LogP contribution in [0.1, 0.15) is 17.5 Å². The lowest BCUT2D eigenvalue weighted by atomic mass is 9.93. The third-order valence-corrected chi connectivity index (χ3v) is 5.48. The summed E-state index contributed by atoms with van der Waals surface area (Å²) in [5.41, 5.74) is 1.91. The van der Waals surface area contributed by atoms with E-state index < -0.39 is 11.7 Å². The number of halogens is 2. The highest BCUT2D eigenvalue weighted by molar-refractivity contribution is 6.32. The van der Waals surface area contributed by atoms with Crippen LogP contribution in [-0.4, -0.2) is 25.6 Å². The van der Waals surface area contributed by atoms with Gasteiger partial charge in [-0.2, -0.15) is 5.26 Å². The highest BCUT2D eigenvalue weighted by Crippen LogP contribution is 2.38. The SMILES string of the molecule is COc1cc(C#N)ccc1N1CCC2NC(c3c(F)cccc3Cl)=CC2C1=O. The number of fused-ring (bicyclic) bond motifs is 1. The smallest absolute Gasteiger partial charge is 0.236 e. The lowest BCUT2D eigenvalue weighted by Crippen LogP contribution is -2.49. The normalized spacial score (nSPS) is 20.9. The Balaban J connectivity index is 1.67. The zero-order valence-electron chi connectivity index (χ0n) is 15.1. The molecule has 2 aromatic carbocycles. The number of nitrogens with zero attached hydrogens (tertiary/aromatic N) is 2. The second-order valence-electron chi connectivity index (χ2n) is 6.73. The van der Waals surface area contributed by atoms with Crippen LogP contribution >= 0.6 is 11.6 Å². The van der Waals surface area contributed by atoms with E-state index in [1.165, 1.54) is 13.2 Å². The third-order valence-electron chi connectivity index (χ3n) is 5.17. The van der Waals surface area contributed by atoms with Gasteiger partial charge in [0.05, 0.1) is 40.9 Å². The van der Waals surface area contributed by atoms with Crippen LogP contribution in [0, 0.1) is 23.1 Å². The molecular weight excluding hydrogens is 381 g/mol. The second kappa shape index (κ2) is 7.17. The zero-order valence-corrected chi connectivity index (χ0v) is 15.8. The number of hydrogen-bond acceptors (Lipinski definition) is 4. The van der Waals surface area contributed by atoms with Gasteiger partial charge in [-0.15, -0.1) is 0 Å². The molecule has 0 spiro atoms. The Labute approximate surface area is 167 Å². The van der Waals surface area contributed by atoms with Crippen molar-refractivity contribution in [2.24, 2.45) is 5.92 Å². The summed E-state index contributed by atoms with van der Waals surface area (Å²) in [6.07, 6.45) is 2.44. The first-order valence-corrected chi connectivity index (χ1v) is 9.23. The number of nitrogens with one attached hydrogen (secondary N) is 1. The van der Waals surface area contributed by atoms with E-state index in [-0.39, 0.29) is 17.5 Å². The second-order valence-corrected chi connectivity index (χ2v) is 7.14. The quantitative estimate of drug-likeness (QED) is 0.857. The first kappa shape index (κ1) is 18.3. The number of rotatable bonds is 3. The zero-order chi connectivity index (χ0) is 19.8. The number of carbonyl (C=O) groups is 1. The van der Waals surface area contributed by atoms with Crippen molar-refractivity contribution in [1.29, 1.82) is 5.26 Å². The molecule has 0 saturated carbocycles. The summed E-state index contributed by atoms with van der Waals surface area (Å²) < 4.78 is 19.7. The molecule has 0 aromatic heterocycles. The number of benzene rings is 2. The molecule has 5 nitrogen and oxygen atoms in total. The van der Waals surface area contributed by atoms with Gasteiger partial charge in [0.15, 0.2) is 0 Å². The van der Waals surface area contributed by atoms with Gasteiger partial charge in [0.1, 0.15) is 11.6 Å². The molecular formula is C21H17ClFN3O2. The van der Waals surface area contributed by atoms with Gasteiger partial charge in [0.25, 0.3) is 0 Å². The predicted octanol–water partition coefficient (Wildman–Crippen LogP) is 3.73. The van der Waals surface area contributed by atoms with Crippen LogP contribution in [0.4, 0.5) is 10.1 Å². The first-order chi connectivity index (χ1) is 13.5. The summed E-state index contributed by atoms with van der Waals surface area (Å²) in [4.78, 5) is 14.8. The maximum atomic E-state index is 14.3. The summed E-state index contributed by atoms with van der Waals surface area (Å²) in [5.74, 6) is -0.491. The number of hydrogen-bond donors (Lipinski definition) is 1. The number of ether oxygens (including phenoxy) is 1. The Bertz CT molecular complexity index is 1010. The Morgan fingerprint density at radius 1 is 1.36 bits per heavy atom. The van der Waals surface area contributed by atoms with Crippen molar-refractivity contribution in [3.63, 3.8) is 0 Å². The Morgan fingerprint density at radius 3 is 2.89 bits per heavy atom. The predicted molar refractivity (Wildman–Crippen MR) is 104 cm³/mol. The molecule has 0 radical (unpaired) electrons. The molecule has 2 heterocycles. The molecule has 1 amide bonds. The molecule has 1 saturated heterocycles. The van der Waals surface area contributed by atoms with Crippen molar-refractivity contribution < 1.29 is 13.9 Å². The van der Waals surface area contributed by atoms with Crippen LogP contribution in [0.3, 0.4) is 0 Å². The van der Waals surface area contributed by atoms with E-state index in [9.17, 15) is 9.18 Å². The van der Waals surface area contributed by atoms with Crippen LogP contribution < -0.4 is 15.0 Å². The topological polar surface area (TPSA) is 65.4 Å². The molecule has 7 heteroatoms. The highest BCUT2D eigenvalue weighted by Gasteiger charge is 2.41.